The van der Waals surface area contributed by atoms with Gasteiger partial charge in [0.15, 0.2) is 0 Å². The van der Waals surface area contributed by atoms with Crippen LogP contribution in [0.2, 0.25) is 0 Å². The van der Waals surface area contributed by atoms with Gasteiger partial charge in [-0.25, -0.2) is 9.18 Å². The molecule has 0 aromatic heterocycles. The smallest absolute Gasteiger partial charge is 0.410 e. The molecule has 8 heteroatoms. The fourth-order valence-electron chi connectivity index (χ4n) is 3.27. The Bertz CT molecular complexity index is 675. The molecule has 2 heterocycles. The lowest BCUT2D eigenvalue weighted by Gasteiger charge is -2.37. The van der Waals surface area contributed by atoms with Crippen LogP contribution >= 0.6 is 11.8 Å². The lowest BCUT2D eigenvalue weighted by molar-refractivity contribution is 0.0240. The first-order valence-corrected chi connectivity index (χ1v) is 10.3. The van der Waals surface area contributed by atoms with Gasteiger partial charge in [-0.1, -0.05) is 0 Å². The standard InChI is InChI=1S/C19H28FN3O3S/c1-19(2,3)26-18(25)22-8-6-21(7-9-22)16-5-4-14(12-15(16)20)23-10-11-27-17(24)13-23/h4-5,12,17,24H,6-11,13H2,1-3H3. The van der Waals surface area contributed by atoms with Crippen LogP contribution in [-0.4, -0.2) is 72.2 Å². The Hall–Kier alpha value is -1.67. The molecule has 3 rings (SSSR count). The number of aliphatic hydroxyl groups excluding tert-OH is 1. The van der Waals surface area contributed by atoms with Crippen LogP contribution in [0.3, 0.4) is 0 Å². The fourth-order valence-corrected chi connectivity index (χ4v) is 4.15. The molecule has 150 valence electrons. The summed E-state index contributed by atoms with van der Waals surface area (Å²) in [6.45, 7) is 8.99. The molecular weight excluding hydrogens is 369 g/mol. The molecule has 27 heavy (non-hydrogen) atoms. The number of rotatable bonds is 2. The van der Waals surface area contributed by atoms with Crippen molar-refractivity contribution in [1.82, 2.24) is 4.90 Å². The van der Waals surface area contributed by atoms with E-state index >= 15 is 0 Å². The van der Waals surface area contributed by atoms with E-state index in [1.165, 1.54) is 17.8 Å². The third kappa shape index (κ3) is 5.19. The van der Waals surface area contributed by atoms with Gasteiger partial charge < -0.3 is 24.5 Å². The quantitative estimate of drug-likeness (QED) is 0.828. The first-order chi connectivity index (χ1) is 12.7. The van der Waals surface area contributed by atoms with Crippen molar-refractivity contribution < 1.29 is 19.0 Å². The van der Waals surface area contributed by atoms with E-state index in [0.29, 0.717) is 38.4 Å². The lowest BCUT2D eigenvalue weighted by atomic mass is 10.2. The van der Waals surface area contributed by atoms with E-state index in [0.717, 1.165) is 18.0 Å². The molecule has 1 atom stereocenters. The number of piperazine rings is 1. The zero-order valence-electron chi connectivity index (χ0n) is 16.2. The summed E-state index contributed by atoms with van der Waals surface area (Å²) in [4.78, 5) is 17.8. The van der Waals surface area contributed by atoms with E-state index in [9.17, 15) is 14.3 Å². The zero-order chi connectivity index (χ0) is 19.6. The normalized spacial score (nSPS) is 21.4. The van der Waals surface area contributed by atoms with Gasteiger partial charge in [0.2, 0.25) is 0 Å². The molecule has 1 amide bonds. The third-order valence-corrected chi connectivity index (χ3v) is 5.57. The van der Waals surface area contributed by atoms with Crippen LogP contribution in [0, 0.1) is 5.82 Å². The van der Waals surface area contributed by atoms with Crippen molar-refractivity contribution in [2.24, 2.45) is 0 Å². The van der Waals surface area contributed by atoms with Crippen LogP contribution in [0.15, 0.2) is 18.2 Å². The minimum Gasteiger partial charge on any atom is -0.444 e. The number of carbonyl (C=O) groups excluding carboxylic acids is 1. The van der Waals surface area contributed by atoms with Crippen LogP contribution < -0.4 is 9.80 Å². The van der Waals surface area contributed by atoms with Crippen molar-refractivity contribution in [2.45, 2.75) is 31.8 Å². The number of β-amino-alcohol motifs (C(OH)–C–C–N with tert-alkyl or cyclic N) is 1. The summed E-state index contributed by atoms with van der Waals surface area (Å²) in [5.41, 5.74) is 0.399. The highest BCUT2D eigenvalue weighted by molar-refractivity contribution is 7.99. The summed E-state index contributed by atoms with van der Waals surface area (Å²) in [6, 6.07) is 5.24. The minimum absolute atomic E-state index is 0.272. The van der Waals surface area contributed by atoms with Crippen molar-refractivity contribution in [3.05, 3.63) is 24.0 Å². The second-order valence-electron chi connectivity index (χ2n) is 7.86. The number of carbonyl (C=O) groups is 1. The summed E-state index contributed by atoms with van der Waals surface area (Å²) in [6.07, 6.45) is -0.320. The maximum atomic E-state index is 14.7. The Morgan fingerprint density at radius 2 is 1.89 bits per heavy atom. The van der Waals surface area contributed by atoms with Gasteiger partial charge in [-0.15, -0.1) is 11.8 Å². The topological polar surface area (TPSA) is 56.2 Å². The maximum Gasteiger partial charge on any atom is 0.410 e. The first kappa shape index (κ1) is 20.1. The SMILES string of the molecule is CC(C)(C)OC(=O)N1CCN(c2ccc(N3CCSC(O)C3)cc2F)CC1. The number of halogens is 1. The van der Waals surface area contributed by atoms with Crippen LogP contribution in [0.25, 0.3) is 0 Å². The van der Waals surface area contributed by atoms with E-state index in [1.54, 1.807) is 11.0 Å². The number of aliphatic hydroxyl groups is 1. The monoisotopic (exact) mass is 397 g/mol. The molecule has 1 N–H and O–H groups in total. The number of hydrogen-bond donors (Lipinski definition) is 1. The van der Waals surface area contributed by atoms with Gasteiger partial charge >= 0.3 is 6.09 Å². The number of thioether (sulfide) groups is 1. The molecule has 1 aromatic rings. The lowest BCUT2D eigenvalue weighted by Crippen LogP contribution is -2.50. The highest BCUT2D eigenvalue weighted by Gasteiger charge is 2.27. The molecule has 0 aliphatic carbocycles. The van der Waals surface area contributed by atoms with Gasteiger partial charge in [0.1, 0.15) is 16.9 Å². The molecule has 2 aliphatic rings. The summed E-state index contributed by atoms with van der Waals surface area (Å²) in [5, 5.41) is 9.79. The number of anilines is 2. The number of hydrogen-bond acceptors (Lipinski definition) is 6. The molecule has 0 spiro atoms. The molecule has 1 aromatic carbocycles. The Morgan fingerprint density at radius 1 is 1.19 bits per heavy atom. The second-order valence-corrected chi connectivity index (χ2v) is 9.15. The van der Waals surface area contributed by atoms with E-state index < -0.39 is 11.0 Å². The first-order valence-electron chi connectivity index (χ1n) is 9.30. The molecule has 2 fully saturated rings. The summed E-state index contributed by atoms with van der Waals surface area (Å²) in [5.74, 6) is 0.558. The molecular formula is C19H28FN3O3S. The molecule has 2 saturated heterocycles. The Labute approximate surface area is 164 Å². The van der Waals surface area contributed by atoms with E-state index in [2.05, 4.69) is 0 Å². The Balaban J connectivity index is 1.60. The van der Waals surface area contributed by atoms with Crippen molar-refractivity contribution in [1.29, 1.82) is 0 Å². The highest BCUT2D eigenvalue weighted by atomic mass is 32.2. The molecule has 0 radical (unpaired) electrons. The van der Waals surface area contributed by atoms with Crippen LogP contribution in [0.4, 0.5) is 20.6 Å². The van der Waals surface area contributed by atoms with Crippen molar-refractivity contribution in [3.63, 3.8) is 0 Å². The molecule has 6 nitrogen and oxygen atoms in total. The minimum atomic E-state index is -0.517. The molecule has 0 saturated carbocycles. The number of amides is 1. The fraction of sp³-hybridized carbons (Fsp3) is 0.632. The van der Waals surface area contributed by atoms with Gasteiger partial charge in [-0.3, -0.25) is 0 Å². The number of benzene rings is 1. The van der Waals surface area contributed by atoms with Crippen molar-refractivity contribution in [2.75, 3.05) is 54.8 Å². The average molecular weight is 398 g/mol. The highest BCUT2D eigenvalue weighted by Crippen LogP contribution is 2.28. The van der Waals surface area contributed by atoms with E-state index in [-0.39, 0.29) is 11.9 Å². The number of ether oxygens (including phenoxy) is 1. The number of nitrogens with zero attached hydrogens (tertiary/aromatic N) is 3. The maximum absolute atomic E-state index is 14.7. The van der Waals surface area contributed by atoms with Crippen molar-refractivity contribution >= 4 is 29.2 Å². The zero-order valence-corrected chi connectivity index (χ0v) is 17.0. The van der Waals surface area contributed by atoms with Crippen LogP contribution in [0.5, 0.6) is 0 Å². The second kappa shape index (κ2) is 8.14. The largest absolute Gasteiger partial charge is 0.444 e. The Morgan fingerprint density at radius 3 is 2.48 bits per heavy atom. The average Bonchev–Trinajstić information content (AvgIpc) is 2.60. The molecule has 0 bridgehead atoms. The summed E-state index contributed by atoms with van der Waals surface area (Å²) in [7, 11) is 0. The van der Waals surface area contributed by atoms with E-state index in [4.69, 9.17) is 4.74 Å². The molecule has 1 unspecified atom stereocenters. The molecule has 2 aliphatic heterocycles. The Kier molecular flexibility index (Phi) is 6.05. The third-order valence-electron chi connectivity index (χ3n) is 4.62. The summed E-state index contributed by atoms with van der Waals surface area (Å²) < 4.78 is 20.1. The van der Waals surface area contributed by atoms with Crippen LogP contribution in [0.1, 0.15) is 20.8 Å². The van der Waals surface area contributed by atoms with Gasteiger partial charge in [-0.2, -0.15) is 0 Å². The van der Waals surface area contributed by atoms with Gasteiger partial charge in [-0.05, 0) is 39.0 Å². The predicted octanol–water partition coefficient (Wildman–Crippen LogP) is 2.75. The van der Waals surface area contributed by atoms with Crippen LogP contribution in [-0.2, 0) is 4.74 Å². The summed E-state index contributed by atoms with van der Waals surface area (Å²) >= 11 is 1.52. The van der Waals surface area contributed by atoms with Crippen molar-refractivity contribution in [3.8, 4) is 0 Å². The van der Waals surface area contributed by atoms with Gasteiger partial charge in [0, 0.05) is 44.2 Å². The van der Waals surface area contributed by atoms with Gasteiger partial charge in [0.25, 0.3) is 0 Å². The van der Waals surface area contributed by atoms with Gasteiger partial charge in [0.05, 0.1) is 12.2 Å². The predicted molar refractivity (Wildman–Crippen MR) is 107 cm³/mol. The van der Waals surface area contributed by atoms with E-state index in [1.807, 2.05) is 36.6 Å².